The van der Waals surface area contributed by atoms with Crippen LogP contribution >= 0.6 is 0 Å². The van der Waals surface area contributed by atoms with Crippen LogP contribution in [0.5, 0.6) is 0 Å². The molecule has 3 N–H and O–H groups in total. The summed E-state index contributed by atoms with van der Waals surface area (Å²) < 4.78 is 0. The number of benzene rings is 2. The number of nitrogens with zero attached hydrogens (tertiary/aromatic N) is 2. The molecule has 0 aliphatic carbocycles. The molecule has 0 aliphatic heterocycles. The molecule has 0 amide bonds. The van der Waals surface area contributed by atoms with E-state index in [1.807, 2.05) is 6.07 Å². The second-order valence-corrected chi connectivity index (χ2v) is 6.93. The zero-order chi connectivity index (χ0) is 17.7. The fourth-order valence-electron chi connectivity index (χ4n) is 3.15. The van der Waals surface area contributed by atoms with Crippen LogP contribution in [0, 0.1) is 27.7 Å². The number of aryl methyl sites for hydroxylation is 4. The van der Waals surface area contributed by atoms with Gasteiger partial charge in [-0.05, 0) is 74.2 Å². The first-order valence-electron chi connectivity index (χ1n) is 8.51. The van der Waals surface area contributed by atoms with Gasteiger partial charge in [-0.25, -0.2) is 9.97 Å². The zero-order valence-electron chi connectivity index (χ0n) is 14.9. The van der Waals surface area contributed by atoms with Crippen molar-refractivity contribution >= 4 is 22.1 Å². The Kier molecular flexibility index (Phi) is 3.62. The molecule has 25 heavy (non-hydrogen) atoms. The van der Waals surface area contributed by atoms with E-state index in [1.54, 1.807) is 0 Å². The van der Waals surface area contributed by atoms with Crippen molar-refractivity contribution in [3.8, 4) is 0 Å². The van der Waals surface area contributed by atoms with Gasteiger partial charge in [0.1, 0.15) is 17.8 Å². The standard InChI is InChI=1S/C20H22N4O/c1-10-5-14-15(6-11(10)2)22-19(21-14)9-18(25)20-23-16-7-12(3)13(4)8-17(16)24-20/h5-8,18,25H,9H2,1-4H3,(H,21,22)(H,23,24). The third-order valence-corrected chi connectivity index (χ3v) is 4.96. The summed E-state index contributed by atoms with van der Waals surface area (Å²) >= 11 is 0. The molecule has 1 unspecified atom stereocenters. The number of hydrogen-bond acceptors (Lipinski definition) is 3. The summed E-state index contributed by atoms with van der Waals surface area (Å²) in [5.74, 6) is 1.34. The summed E-state index contributed by atoms with van der Waals surface area (Å²) in [4.78, 5) is 15.7. The van der Waals surface area contributed by atoms with Crippen LogP contribution in [0.4, 0.5) is 0 Å². The highest BCUT2D eigenvalue weighted by atomic mass is 16.3. The van der Waals surface area contributed by atoms with Crippen molar-refractivity contribution in [2.75, 3.05) is 0 Å². The van der Waals surface area contributed by atoms with Crippen molar-refractivity contribution in [3.63, 3.8) is 0 Å². The number of rotatable bonds is 3. The van der Waals surface area contributed by atoms with E-state index in [4.69, 9.17) is 0 Å². The minimum Gasteiger partial charge on any atom is -0.385 e. The van der Waals surface area contributed by atoms with Crippen LogP contribution in [0.2, 0.25) is 0 Å². The van der Waals surface area contributed by atoms with Gasteiger partial charge in [0, 0.05) is 6.42 Å². The summed E-state index contributed by atoms with van der Waals surface area (Å²) in [5.41, 5.74) is 8.62. The smallest absolute Gasteiger partial charge is 0.136 e. The maximum atomic E-state index is 10.6. The average molecular weight is 334 g/mol. The van der Waals surface area contributed by atoms with Gasteiger partial charge >= 0.3 is 0 Å². The number of aliphatic hydroxyl groups excluding tert-OH is 1. The molecule has 4 rings (SSSR count). The van der Waals surface area contributed by atoms with Crippen LogP contribution in [0.3, 0.4) is 0 Å². The van der Waals surface area contributed by atoms with Crippen molar-refractivity contribution in [2.45, 2.75) is 40.2 Å². The van der Waals surface area contributed by atoms with E-state index < -0.39 is 6.10 Å². The Balaban J connectivity index is 1.64. The molecule has 0 fully saturated rings. The largest absolute Gasteiger partial charge is 0.385 e. The number of aromatic nitrogens is 4. The Hall–Kier alpha value is -2.66. The quantitative estimate of drug-likeness (QED) is 0.531. The minimum atomic E-state index is -0.726. The Morgan fingerprint density at radius 1 is 0.800 bits per heavy atom. The molecule has 0 saturated heterocycles. The molecular formula is C20H22N4O. The molecule has 0 aliphatic rings. The summed E-state index contributed by atoms with van der Waals surface area (Å²) in [5, 5.41) is 10.6. The molecule has 5 heteroatoms. The van der Waals surface area contributed by atoms with Gasteiger partial charge in [-0.3, -0.25) is 0 Å². The van der Waals surface area contributed by atoms with Crippen LogP contribution in [0.25, 0.3) is 22.1 Å². The first-order valence-corrected chi connectivity index (χ1v) is 8.51. The lowest BCUT2D eigenvalue weighted by molar-refractivity contribution is 0.167. The third-order valence-electron chi connectivity index (χ3n) is 4.96. The Morgan fingerprint density at radius 2 is 1.32 bits per heavy atom. The molecule has 4 aromatic rings. The molecule has 0 bridgehead atoms. The lowest BCUT2D eigenvalue weighted by Crippen LogP contribution is -2.05. The van der Waals surface area contributed by atoms with Gasteiger partial charge in [-0.2, -0.15) is 0 Å². The highest BCUT2D eigenvalue weighted by Gasteiger charge is 2.16. The predicted molar refractivity (Wildman–Crippen MR) is 99.8 cm³/mol. The van der Waals surface area contributed by atoms with Crippen LogP contribution in [-0.4, -0.2) is 25.0 Å². The number of aromatic amines is 2. The third kappa shape index (κ3) is 2.81. The molecule has 0 radical (unpaired) electrons. The predicted octanol–water partition coefficient (Wildman–Crippen LogP) is 3.95. The van der Waals surface area contributed by atoms with E-state index in [-0.39, 0.29) is 0 Å². The molecule has 2 heterocycles. The molecule has 1 atom stereocenters. The molecule has 2 aromatic carbocycles. The number of imidazole rings is 2. The van der Waals surface area contributed by atoms with Crippen LogP contribution in [-0.2, 0) is 6.42 Å². The molecular weight excluding hydrogens is 312 g/mol. The number of H-pyrrole nitrogens is 2. The Labute approximate surface area is 146 Å². The number of nitrogens with one attached hydrogen (secondary N) is 2. The minimum absolute atomic E-state index is 0.393. The van der Waals surface area contributed by atoms with E-state index in [1.165, 1.54) is 22.3 Å². The van der Waals surface area contributed by atoms with Gasteiger partial charge in [0.2, 0.25) is 0 Å². The van der Waals surface area contributed by atoms with Crippen molar-refractivity contribution in [2.24, 2.45) is 0 Å². The number of fused-ring (bicyclic) bond motifs is 2. The highest BCUT2D eigenvalue weighted by molar-refractivity contribution is 5.78. The number of aliphatic hydroxyl groups is 1. The second kappa shape index (κ2) is 5.70. The van der Waals surface area contributed by atoms with E-state index >= 15 is 0 Å². The fourth-order valence-corrected chi connectivity index (χ4v) is 3.15. The molecule has 5 nitrogen and oxygen atoms in total. The van der Waals surface area contributed by atoms with Crippen LogP contribution in [0.15, 0.2) is 24.3 Å². The number of hydrogen-bond donors (Lipinski definition) is 3. The van der Waals surface area contributed by atoms with Gasteiger partial charge in [0.25, 0.3) is 0 Å². The molecule has 0 spiro atoms. The van der Waals surface area contributed by atoms with Crippen molar-refractivity contribution in [3.05, 3.63) is 58.2 Å². The van der Waals surface area contributed by atoms with Gasteiger partial charge < -0.3 is 15.1 Å². The van der Waals surface area contributed by atoms with Crippen molar-refractivity contribution < 1.29 is 5.11 Å². The summed E-state index contributed by atoms with van der Waals surface area (Å²) in [6, 6.07) is 8.29. The lowest BCUT2D eigenvalue weighted by atomic mass is 10.1. The maximum absolute atomic E-state index is 10.6. The maximum Gasteiger partial charge on any atom is 0.136 e. The normalized spacial score (nSPS) is 13.0. The van der Waals surface area contributed by atoms with E-state index in [9.17, 15) is 5.11 Å². The molecule has 0 saturated carbocycles. The van der Waals surface area contributed by atoms with Gasteiger partial charge in [-0.1, -0.05) is 0 Å². The summed E-state index contributed by atoms with van der Waals surface area (Å²) in [6.45, 7) is 8.31. The van der Waals surface area contributed by atoms with Crippen LogP contribution < -0.4 is 0 Å². The van der Waals surface area contributed by atoms with Crippen LogP contribution in [0.1, 0.15) is 40.0 Å². The first kappa shape index (κ1) is 15.8. The monoisotopic (exact) mass is 334 g/mol. The summed E-state index contributed by atoms with van der Waals surface area (Å²) in [7, 11) is 0. The SMILES string of the molecule is Cc1cc2nc(CC(O)c3nc4cc(C)c(C)cc4[nH]3)[nH]c2cc1C. The molecule has 128 valence electrons. The van der Waals surface area contributed by atoms with Crippen molar-refractivity contribution in [1.29, 1.82) is 0 Å². The Morgan fingerprint density at radius 3 is 1.96 bits per heavy atom. The summed E-state index contributed by atoms with van der Waals surface area (Å²) in [6.07, 6.45) is -0.333. The van der Waals surface area contributed by atoms with E-state index in [0.29, 0.717) is 12.2 Å². The fraction of sp³-hybridized carbons (Fsp3) is 0.300. The van der Waals surface area contributed by atoms with E-state index in [0.717, 1.165) is 27.9 Å². The first-order chi connectivity index (χ1) is 11.9. The van der Waals surface area contributed by atoms with E-state index in [2.05, 4.69) is 65.8 Å². The van der Waals surface area contributed by atoms with Gasteiger partial charge in [0.05, 0.1) is 22.1 Å². The average Bonchev–Trinajstić information content (AvgIpc) is 3.11. The van der Waals surface area contributed by atoms with Gasteiger partial charge in [0.15, 0.2) is 0 Å². The second-order valence-electron chi connectivity index (χ2n) is 6.93. The van der Waals surface area contributed by atoms with Crippen molar-refractivity contribution in [1.82, 2.24) is 19.9 Å². The molecule has 2 aromatic heterocycles. The Bertz CT molecular complexity index is 1010. The topological polar surface area (TPSA) is 77.6 Å². The zero-order valence-corrected chi connectivity index (χ0v) is 14.9. The highest BCUT2D eigenvalue weighted by Crippen LogP contribution is 2.23. The lowest BCUT2D eigenvalue weighted by Gasteiger charge is -2.04. The van der Waals surface area contributed by atoms with Gasteiger partial charge in [-0.15, -0.1) is 0 Å².